The molecule has 0 saturated carbocycles. The molecule has 1 aromatic heterocycles. The number of nitrogens with zero attached hydrogens (tertiary/aromatic N) is 3. The Morgan fingerprint density at radius 3 is 2.35 bits per heavy atom. The smallest absolute Gasteiger partial charge is 0.243 e. The number of benzene rings is 3. The van der Waals surface area contributed by atoms with Gasteiger partial charge in [0.2, 0.25) is 15.9 Å². The van der Waals surface area contributed by atoms with Gasteiger partial charge in [0.05, 0.1) is 11.1 Å². The molecule has 0 radical (unpaired) electrons. The summed E-state index contributed by atoms with van der Waals surface area (Å²) in [5.74, 6) is -0.467. The summed E-state index contributed by atoms with van der Waals surface area (Å²) >= 11 is 0. The number of fused-ring (bicyclic) bond motifs is 1. The van der Waals surface area contributed by atoms with E-state index in [9.17, 15) is 13.2 Å². The van der Waals surface area contributed by atoms with E-state index in [1.165, 1.54) is 15.4 Å². The van der Waals surface area contributed by atoms with Crippen LogP contribution < -0.4 is 5.43 Å². The molecule has 1 N–H and O–H groups in total. The number of carbonyl (C=O) groups excluding carboxylic acids is 1. The molecule has 4 aromatic rings. The zero-order valence-corrected chi connectivity index (χ0v) is 24.3. The molecule has 0 atom stereocenters. The van der Waals surface area contributed by atoms with E-state index >= 15 is 0 Å². The number of nitrogens with one attached hydrogen (secondary N) is 1. The van der Waals surface area contributed by atoms with Crippen LogP contribution in [0.1, 0.15) is 46.2 Å². The Morgan fingerprint density at radius 1 is 0.950 bits per heavy atom. The summed E-state index contributed by atoms with van der Waals surface area (Å²) in [5, 5.41) is 5.34. The number of carbonyl (C=O) groups is 1. The number of hydrogen-bond donors (Lipinski definition) is 1. The maximum Gasteiger partial charge on any atom is 0.243 e. The van der Waals surface area contributed by atoms with Crippen molar-refractivity contribution >= 4 is 33.0 Å². The highest BCUT2D eigenvalue weighted by Crippen LogP contribution is 2.29. The van der Waals surface area contributed by atoms with E-state index in [2.05, 4.69) is 64.6 Å². The van der Waals surface area contributed by atoms with Gasteiger partial charge in [0, 0.05) is 48.2 Å². The van der Waals surface area contributed by atoms with Gasteiger partial charge in [-0.2, -0.15) is 9.41 Å². The minimum atomic E-state index is -3.62. The van der Waals surface area contributed by atoms with Crippen molar-refractivity contribution in [3.8, 4) is 0 Å². The highest BCUT2D eigenvalue weighted by atomic mass is 32.2. The molecule has 40 heavy (non-hydrogen) atoms. The van der Waals surface area contributed by atoms with E-state index in [1.54, 1.807) is 6.21 Å². The van der Waals surface area contributed by atoms with Crippen molar-refractivity contribution in [2.45, 2.75) is 52.0 Å². The van der Waals surface area contributed by atoms with Gasteiger partial charge in [0.1, 0.15) is 0 Å². The molecule has 0 unspecified atom stereocenters. The van der Waals surface area contributed by atoms with E-state index in [4.69, 9.17) is 0 Å². The van der Waals surface area contributed by atoms with Crippen LogP contribution in [-0.4, -0.2) is 42.5 Å². The normalized spacial score (nSPS) is 15.2. The molecule has 0 spiro atoms. The summed E-state index contributed by atoms with van der Waals surface area (Å²) in [7, 11) is -3.62. The second kappa shape index (κ2) is 11.4. The number of hydrazone groups is 1. The van der Waals surface area contributed by atoms with Crippen LogP contribution in [0.5, 0.6) is 0 Å². The summed E-state index contributed by atoms with van der Waals surface area (Å²) < 4.78 is 30.5. The Balaban J connectivity index is 1.23. The van der Waals surface area contributed by atoms with Crippen molar-refractivity contribution in [1.82, 2.24) is 14.3 Å². The Kier molecular flexibility index (Phi) is 7.92. The lowest BCUT2D eigenvalue weighted by molar-refractivity contribution is -0.126. The van der Waals surface area contributed by atoms with Crippen LogP contribution in [0, 0.1) is 33.6 Å². The van der Waals surface area contributed by atoms with Gasteiger partial charge in [-0.3, -0.25) is 4.79 Å². The van der Waals surface area contributed by atoms with Gasteiger partial charge in [-0.15, -0.1) is 0 Å². The molecule has 1 aliphatic heterocycles. The van der Waals surface area contributed by atoms with Gasteiger partial charge in [0.25, 0.3) is 0 Å². The summed E-state index contributed by atoms with van der Waals surface area (Å²) in [6, 6.07) is 20.4. The molecule has 1 amide bonds. The second-order valence-corrected chi connectivity index (χ2v) is 12.7. The molecule has 0 aliphatic carbocycles. The third-order valence-electron chi connectivity index (χ3n) is 7.66. The van der Waals surface area contributed by atoms with Crippen molar-refractivity contribution in [1.29, 1.82) is 0 Å². The molecule has 8 heteroatoms. The number of piperidine rings is 1. The van der Waals surface area contributed by atoms with E-state index < -0.39 is 10.0 Å². The Morgan fingerprint density at radius 2 is 1.65 bits per heavy atom. The van der Waals surface area contributed by atoms with Crippen LogP contribution in [0.2, 0.25) is 0 Å². The zero-order chi connectivity index (χ0) is 28.4. The standard InChI is InChI=1S/C32H36N4O3S/c1-22-8-7-9-26(18-22)20-35-21-28(29-10-5-6-11-30(29)35)19-33-34-32(37)27-12-14-36(15-13-27)40(38,39)31-24(3)16-23(2)17-25(31)4/h5-11,16-19,21,27H,12-15,20H2,1-4H3,(H,34,37)/b33-19-. The maximum atomic E-state index is 13.4. The third-order valence-corrected chi connectivity index (χ3v) is 9.87. The molecular weight excluding hydrogens is 520 g/mol. The molecule has 0 bridgehead atoms. The van der Waals surface area contributed by atoms with Gasteiger partial charge in [-0.05, 0) is 63.3 Å². The molecule has 5 rings (SSSR count). The SMILES string of the molecule is Cc1cccc(Cn2cc(/C=N\NC(=O)C3CCN(S(=O)(=O)c4c(C)cc(C)cc4C)CC3)c3ccccc32)c1. The minimum absolute atomic E-state index is 0.181. The highest BCUT2D eigenvalue weighted by molar-refractivity contribution is 7.89. The van der Waals surface area contributed by atoms with Crippen molar-refractivity contribution < 1.29 is 13.2 Å². The van der Waals surface area contributed by atoms with Gasteiger partial charge in [0.15, 0.2) is 0 Å². The predicted molar refractivity (Wildman–Crippen MR) is 160 cm³/mol. The molecule has 208 valence electrons. The van der Waals surface area contributed by atoms with Crippen LogP contribution in [0.3, 0.4) is 0 Å². The molecule has 7 nitrogen and oxygen atoms in total. The van der Waals surface area contributed by atoms with E-state index in [-0.39, 0.29) is 11.8 Å². The van der Waals surface area contributed by atoms with Crippen molar-refractivity contribution in [3.05, 3.63) is 100 Å². The average molecular weight is 557 g/mol. The number of hydrogen-bond acceptors (Lipinski definition) is 4. The van der Waals surface area contributed by atoms with E-state index in [0.717, 1.165) is 39.7 Å². The Labute approximate surface area is 236 Å². The lowest BCUT2D eigenvalue weighted by Crippen LogP contribution is -2.42. The van der Waals surface area contributed by atoms with Crippen molar-refractivity contribution in [2.75, 3.05) is 13.1 Å². The lowest BCUT2D eigenvalue weighted by Gasteiger charge is -2.31. The van der Waals surface area contributed by atoms with Gasteiger partial charge in [-0.1, -0.05) is 65.7 Å². The fraction of sp³-hybridized carbons (Fsp3) is 0.312. The number of aromatic nitrogens is 1. The van der Waals surface area contributed by atoms with Crippen LogP contribution in [0.15, 0.2) is 76.9 Å². The highest BCUT2D eigenvalue weighted by Gasteiger charge is 2.33. The minimum Gasteiger partial charge on any atom is -0.342 e. The van der Waals surface area contributed by atoms with E-state index in [1.807, 2.05) is 45.0 Å². The van der Waals surface area contributed by atoms with Gasteiger partial charge in [-0.25, -0.2) is 13.8 Å². The first-order chi connectivity index (χ1) is 19.1. The number of amides is 1. The number of rotatable bonds is 7. The number of aryl methyl sites for hydroxylation is 4. The monoisotopic (exact) mass is 556 g/mol. The molecule has 2 heterocycles. The fourth-order valence-electron chi connectivity index (χ4n) is 5.83. The van der Waals surface area contributed by atoms with E-state index in [0.29, 0.717) is 30.8 Å². The van der Waals surface area contributed by atoms with Crippen LogP contribution in [0.25, 0.3) is 10.9 Å². The summed E-state index contributed by atoms with van der Waals surface area (Å²) in [6.45, 7) is 9.09. The van der Waals surface area contributed by atoms with Crippen LogP contribution in [-0.2, 0) is 21.4 Å². The maximum absolute atomic E-state index is 13.4. The number of sulfonamides is 1. The molecule has 3 aromatic carbocycles. The molecule has 1 saturated heterocycles. The number of para-hydroxylation sites is 1. The molecular formula is C32H36N4O3S. The predicted octanol–water partition coefficient (Wildman–Crippen LogP) is 5.47. The molecule has 1 fully saturated rings. The van der Waals surface area contributed by atoms with Crippen LogP contribution >= 0.6 is 0 Å². The summed E-state index contributed by atoms with van der Waals surface area (Å²) in [5.41, 5.74) is 9.72. The fourth-order valence-corrected chi connectivity index (χ4v) is 7.72. The van der Waals surface area contributed by atoms with Crippen molar-refractivity contribution in [3.63, 3.8) is 0 Å². The quantitative estimate of drug-likeness (QED) is 0.242. The van der Waals surface area contributed by atoms with Gasteiger partial charge >= 0.3 is 0 Å². The Bertz CT molecular complexity index is 1670. The first kappa shape index (κ1) is 27.8. The molecule has 1 aliphatic rings. The summed E-state index contributed by atoms with van der Waals surface area (Å²) in [6.07, 6.45) is 4.66. The average Bonchev–Trinajstić information content (AvgIpc) is 3.25. The lowest BCUT2D eigenvalue weighted by atomic mass is 9.98. The summed E-state index contributed by atoms with van der Waals surface area (Å²) in [4.78, 5) is 13.3. The Hall–Kier alpha value is -3.75. The third kappa shape index (κ3) is 5.74. The largest absolute Gasteiger partial charge is 0.342 e. The zero-order valence-electron chi connectivity index (χ0n) is 23.5. The van der Waals surface area contributed by atoms with Gasteiger partial charge < -0.3 is 4.57 Å². The first-order valence-corrected chi connectivity index (χ1v) is 15.1. The van der Waals surface area contributed by atoms with Crippen molar-refractivity contribution in [2.24, 2.45) is 11.0 Å². The topological polar surface area (TPSA) is 83.8 Å². The first-order valence-electron chi connectivity index (χ1n) is 13.7. The van der Waals surface area contributed by atoms with Crippen LogP contribution in [0.4, 0.5) is 0 Å². The second-order valence-electron chi connectivity index (χ2n) is 10.9.